The molecule has 4 aromatic rings. The van der Waals surface area contributed by atoms with Crippen molar-refractivity contribution in [2.45, 2.75) is 33.0 Å². The van der Waals surface area contributed by atoms with Crippen LogP contribution < -0.4 is 4.74 Å². The Hall–Kier alpha value is -4.04. The van der Waals surface area contributed by atoms with E-state index in [9.17, 15) is 15.0 Å². The number of aliphatic hydroxyl groups is 1. The van der Waals surface area contributed by atoms with E-state index in [2.05, 4.69) is 20.6 Å². The average Bonchev–Trinajstić information content (AvgIpc) is 3.38. The number of tetrazole rings is 1. The van der Waals surface area contributed by atoms with Gasteiger partial charge in [-0.3, -0.25) is 4.79 Å². The van der Waals surface area contributed by atoms with Crippen molar-refractivity contribution in [2.24, 2.45) is 0 Å². The van der Waals surface area contributed by atoms with Crippen molar-refractivity contribution in [3.63, 3.8) is 0 Å². The maximum absolute atomic E-state index is 11.7. The van der Waals surface area contributed by atoms with Crippen LogP contribution in [0.15, 0.2) is 60.7 Å². The van der Waals surface area contributed by atoms with Gasteiger partial charge in [0, 0.05) is 11.1 Å². The van der Waals surface area contributed by atoms with Gasteiger partial charge in [-0.25, -0.2) is 0 Å². The van der Waals surface area contributed by atoms with E-state index >= 15 is 0 Å². The van der Waals surface area contributed by atoms with E-state index in [-0.39, 0.29) is 18.1 Å². The molecule has 0 fully saturated rings. The minimum absolute atomic E-state index is 0.0241. The summed E-state index contributed by atoms with van der Waals surface area (Å²) in [7, 11) is 0. The Morgan fingerprint density at radius 3 is 2.55 bits per heavy atom. The molecule has 0 saturated heterocycles. The molecule has 4 rings (SSSR count). The van der Waals surface area contributed by atoms with E-state index in [0.717, 1.165) is 22.3 Å². The predicted octanol–water partition coefficient (Wildman–Crippen LogP) is 4.00. The minimum atomic E-state index is -0.811. The first-order valence-electron chi connectivity index (χ1n) is 10.6. The van der Waals surface area contributed by atoms with Crippen molar-refractivity contribution >= 4 is 5.78 Å². The zero-order valence-electron chi connectivity index (χ0n) is 18.3. The number of Topliss-reactive ketones (excluding diaryl/α,β-unsaturated/α-hetero) is 1. The van der Waals surface area contributed by atoms with Crippen LogP contribution in [0, 0.1) is 0 Å². The van der Waals surface area contributed by atoms with E-state index in [4.69, 9.17) is 4.74 Å². The molecule has 1 unspecified atom stereocenters. The zero-order chi connectivity index (χ0) is 23.4. The quantitative estimate of drug-likeness (QED) is 0.351. The molecule has 0 spiro atoms. The van der Waals surface area contributed by atoms with Crippen LogP contribution in [0.25, 0.3) is 11.4 Å². The summed E-state index contributed by atoms with van der Waals surface area (Å²) in [5, 5.41) is 35.1. The number of phenolic OH excluding ortho intramolecular Hbond substituents is 1. The Bertz CT molecular complexity index is 1250. The number of nitrogens with one attached hydrogen (secondary N) is 1. The molecule has 0 aliphatic carbocycles. The molecule has 0 aliphatic rings. The molecule has 0 saturated carbocycles. The van der Waals surface area contributed by atoms with Gasteiger partial charge >= 0.3 is 0 Å². The smallest absolute Gasteiger partial charge is 0.204 e. The molecule has 168 valence electrons. The summed E-state index contributed by atoms with van der Waals surface area (Å²) < 4.78 is 5.92. The topological polar surface area (TPSA) is 121 Å². The fraction of sp³-hybridized carbons (Fsp3) is 0.200. The van der Waals surface area contributed by atoms with Gasteiger partial charge in [0.15, 0.2) is 5.78 Å². The summed E-state index contributed by atoms with van der Waals surface area (Å²) in [4.78, 5) is 11.7. The van der Waals surface area contributed by atoms with Gasteiger partial charge in [-0.05, 0) is 53.4 Å². The number of phenols is 1. The van der Waals surface area contributed by atoms with Gasteiger partial charge in [0.25, 0.3) is 0 Å². The predicted molar refractivity (Wildman–Crippen MR) is 122 cm³/mol. The second-order valence-electron chi connectivity index (χ2n) is 7.64. The van der Waals surface area contributed by atoms with Crippen molar-refractivity contribution in [1.82, 2.24) is 20.6 Å². The SMILES string of the molecule is CCc1c(OCc2ccc(C(O)c3cccc(-c4nn[nH]n4)c3)cc2)ccc(C(C)=O)c1O. The highest BCUT2D eigenvalue weighted by atomic mass is 16.5. The van der Waals surface area contributed by atoms with Crippen molar-refractivity contribution in [3.05, 3.63) is 88.5 Å². The van der Waals surface area contributed by atoms with Crippen LogP contribution in [-0.2, 0) is 13.0 Å². The summed E-state index contributed by atoms with van der Waals surface area (Å²) in [5.74, 6) is 0.794. The number of aromatic nitrogens is 4. The Kier molecular flexibility index (Phi) is 6.46. The van der Waals surface area contributed by atoms with Crippen LogP contribution >= 0.6 is 0 Å². The lowest BCUT2D eigenvalue weighted by Gasteiger charge is -2.15. The lowest BCUT2D eigenvalue weighted by atomic mass is 9.98. The standard InChI is InChI=1S/C25H24N4O4/c1-3-20-22(12-11-21(15(2)30)24(20)32)33-14-16-7-9-17(10-8-16)23(31)18-5-4-6-19(13-18)25-26-28-29-27-25/h4-13,23,31-32H,3,14H2,1-2H3,(H,26,27,28,29). The molecule has 0 radical (unpaired) electrons. The number of aromatic amines is 1. The summed E-state index contributed by atoms with van der Waals surface area (Å²) in [6, 6.07) is 18.1. The number of rotatable bonds is 8. The first-order valence-corrected chi connectivity index (χ1v) is 10.6. The molecule has 1 heterocycles. The maximum atomic E-state index is 11.7. The van der Waals surface area contributed by atoms with Crippen LogP contribution in [0.5, 0.6) is 11.5 Å². The van der Waals surface area contributed by atoms with Crippen molar-refractivity contribution in [2.75, 3.05) is 0 Å². The number of hydrogen-bond acceptors (Lipinski definition) is 7. The molecule has 0 amide bonds. The number of carbonyl (C=O) groups is 1. The fourth-order valence-corrected chi connectivity index (χ4v) is 3.66. The van der Waals surface area contributed by atoms with Crippen LogP contribution in [0.1, 0.15) is 52.6 Å². The van der Waals surface area contributed by atoms with Gasteiger partial charge in [-0.15, -0.1) is 10.2 Å². The molecule has 3 aromatic carbocycles. The minimum Gasteiger partial charge on any atom is -0.507 e. The number of benzene rings is 3. The Morgan fingerprint density at radius 2 is 1.88 bits per heavy atom. The van der Waals surface area contributed by atoms with Crippen LogP contribution in [0.3, 0.4) is 0 Å². The highest BCUT2D eigenvalue weighted by Gasteiger charge is 2.16. The van der Waals surface area contributed by atoms with Crippen molar-refractivity contribution in [1.29, 1.82) is 0 Å². The number of H-pyrrole nitrogens is 1. The lowest BCUT2D eigenvalue weighted by Crippen LogP contribution is -2.03. The molecular weight excluding hydrogens is 420 g/mol. The van der Waals surface area contributed by atoms with Gasteiger partial charge < -0.3 is 14.9 Å². The molecule has 8 nitrogen and oxygen atoms in total. The van der Waals surface area contributed by atoms with Gasteiger partial charge in [-0.1, -0.05) is 49.4 Å². The number of ketones is 1. The third-order valence-corrected chi connectivity index (χ3v) is 5.47. The third-order valence-electron chi connectivity index (χ3n) is 5.47. The van der Waals surface area contributed by atoms with E-state index in [1.807, 2.05) is 55.5 Å². The second-order valence-corrected chi connectivity index (χ2v) is 7.64. The molecule has 0 bridgehead atoms. The average molecular weight is 444 g/mol. The number of aliphatic hydroxyl groups excluding tert-OH is 1. The van der Waals surface area contributed by atoms with Crippen LogP contribution in [0.2, 0.25) is 0 Å². The number of nitrogens with zero attached hydrogens (tertiary/aromatic N) is 3. The molecule has 3 N–H and O–H groups in total. The van der Waals surface area contributed by atoms with Gasteiger partial charge in [0.2, 0.25) is 5.82 Å². The number of ether oxygens (including phenoxy) is 1. The number of aromatic hydroxyl groups is 1. The Morgan fingerprint density at radius 1 is 1.09 bits per heavy atom. The zero-order valence-corrected chi connectivity index (χ0v) is 18.3. The monoisotopic (exact) mass is 444 g/mol. The lowest BCUT2D eigenvalue weighted by molar-refractivity contribution is 0.101. The highest BCUT2D eigenvalue weighted by Crippen LogP contribution is 2.33. The summed E-state index contributed by atoms with van der Waals surface area (Å²) in [6.45, 7) is 3.61. The van der Waals surface area contributed by atoms with Gasteiger partial charge in [0.1, 0.15) is 24.2 Å². The van der Waals surface area contributed by atoms with E-state index < -0.39 is 6.10 Å². The normalized spacial score (nSPS) is 11.8. The molecular formula is C25H24N4O4. The molecule has 33 heavy (non-hydrogen) atoms. The summed E-state index contributed by atoms with van der Waals surface area (Å²) in [5.41, 5.74) is 4.02. The van der Waals surface area contributed by atoms with Crippen molar-refractivity contribution < 1.29 is 19.7 Å². The summed E-state index contributed by atoms with van der Waals surface area (Å²) in [6.07, 6.45) is -0.273. The highest BCUT2D eigenvalue weighted by molar-refractivity contribution is 5.97. The number of carbonyl (C=O) groups excluding carboxylic acids is 1. The second kappa shape index (κ2) is 9.62. The third kappa shape index (κ3) is 4.75. The maximum Gasteiger partial charge on any atom is 0.204 e. The van der Waals surface area contributed by atoms with Gasteiger partial charge in [0.05, 0.1) is 5.56 Å². The van der Waals surface area contributed by atoms with Crippen LogP contribution in [0.4, 0.5) is 0 Å². The molecule has 1 atom stereocenters. The van der Waals surface area contributed by atoms with Crippen LogP contribution in [-0.4, -0.2) is 36.6 Å². The molecule has 1 aromatic heterocycles. The fourth-order valence-electron chi connectivity index (χ4n) is 3.66. The molecule has 0 aliphatic heterocycles. The van der Waals surface area contributed by atoms with Gasteiger partial charge in [-0.2, -0.15) is 5.21 Å². The first-order chi connectivity index (χ1) is 16.0. The Labute approximate surface area is 190 Å². The van der Waals surface area contributed by atoms with E-state index in [1.54, 1.807) is 12.1 Å². The number of hydrogen-bond donors (Lipinski definition) is 3. The largest absolute Gasteiger partial charge is 0.507 e. The van der Waals surface area contributed by atoms with Crippen molar-refractivity contribution in [3.8, 4) is 22.9 Å². The van der Waals surface area contributed by atoms with E-state index in [1.165, 1.54) is 6.92 Å². The first kappa shape index (κ1) is 22.2. The Balaban J connectivity index is 1.47. The summed E-state index contributed by atoms with van der Waals surface area (Å²) >= 11 is 0. The molecule has 8 heteroatoms. The van der Waals surface area contributed by atoms with E-state index in [0.29, 0.717) is 29.1 Å².